The molecular formula is C12H18ClN3O3S. The third kappa shape index (κ3) is 3.60. The first kappa shape index (κ1) is 15.5. The van der Waals surface area contributed by atoms with E-state index in [-0.39, 0.29) is 22.1 Å². The fraction of sp³-hybridized carbons (Fsp3) is 0.583. The van der Waals surface area contributed by atoms with Crippen molar-refractivity contribution in [3.8, 4) is 0 Å². The number of nitrogens with zero attached hydrogens (tertiary/aromatic N) is 1. The summed E-state index contributed by atoms with van der Waals surface area (Å²) >= 11 is 5.96. The van der Waals surface area contributed by atoms with Gasteiger partial charge in [-0.1, -0.05) is 11.6 Å². The molecule has 2 heterocycles. The molecule has 2 atom stereocenters. The zero-order chi connectivity index (χ0) is 14.8. The van der Waals surface area contributed by atoms with Gasteiger partial charge in [0, 0.05) is 25.9 Å². The second-order valence-electron chi connectivity index (χ2n) is 4.78. The average molecular weight is 320 g/mol. The van der Waals surface area contributed by atoms with Crippen LogP contribution in [0.1, 0.15) is 19.8 Å². The van der Waals surface area contributed by atoms with Gasteiger partial charge in [0.15, 0.2) is 0 Å². The van der Waals surface area contributed by atoms with Crippen LogP contribution in [0.2, 0.25) is 5.02 Å². The summed E-state index contributed by atoms with van der Waals surface area (Å²) in [4.78, 5) is 4.05. The van der Waals surface area contributed by atoms with Crippen molar-refractivity contribution >= 4 is 27.4 Å². The van der Waals surface area contributed by atoms with Crippen molar-refractivity contribution in [1.82, 2.24) is 9.71 Å². The number of ether oxygens (including phenoxy) is 1. The Morgan fingerprint density at radius 2 is 2.25 bits per heavy atom. The third-order valence-corrected chi connectivity index (χ3v) is 4.95. The monoisotopic (exact) mass is 319 g/mol. The number of halogens is 1. The minimum atomic E-state index is -3.61. The summed E-state index contributed by atoms with van der Waals surface area (Å²) in [5, 5.41) is 3.06. The van der Waals surface area contributed by atoms with E-state index in [0.717, 1.165) is 0 Å². The molecule has 0 saturated carbocycles. The third-order valence-electron chi connectivity index (χ3n) is 3.17. The van der Waals surface area contributed by atoms with Crippen LogP contribution < -0.4 is 10.0 Å². The van der Waals surface area contributed by atoms with E-state index in [0.29, 0.717) is 25.3 Å². The highest BCUT2D eigenvalue weighted by molar-refractivity contribution is 7.89. The lowest BCUT2D eigenvalue weighted by Crippen LogP contribution is -2.41. The van der Waals surface area contributed by atoms with Gasteiger partial charge < -0.3 is 10.1 Å². The van der Waals surface area contributed by atoms with Gasteiger partial charge in [0.1, 0.15) is 10.7 Å². The van der Waals surface area contributed by atoms with E-state index < -0.39 is 10.0 Å². The summed E-state index contributed by atoms with van der Waals surface area (Å²) in [5.74, 6) is 0.449. The molecule has 0 spiro atoms. The molecule has 2 N–H and O–H groups in total. The van der Waals surface area contributed by atoms with Crippen molar-refractivity contribution < 1.29 is 13.2 Å². The fourth-order valence-electron chi connectivity index (χ4n) is 2.14. The summed E-state index contributed by atoms with van der Waals surface area (Å²) in [7, 11) is -1.94. The lowest BCUT2D eigenvalue weighted by molar-refractivity contribution is 0.0173. The number of sulfonamides is 1. The van der Waals surface area contributed by atoms with Gasteiger partial charge in [-0.2, -0.15) is 0 Å². The number of hydrogen-bond acceptors (Lipinski definition) is 5. The SMILES string of the molecule is CNc1ncc(S(=O)(=O)NC2CCOC(C)C2)cc1Cl. The molecule has 2 unspecified atom stereocenters. The molecule has 2 rings (SSSR count). The topological polar surface area (TPSA) is 80.3 Å². The summed E-state index contributed by atoms with van der Waals surface area (Å²) in [6.45, 7) is 2.49. The smallest absolute Gasteiger partial charge is 0.242 e. The number of nitrogens with one attached hydrogen (secondary N) is 2. The van der Waals surface area contributed by atoms with Crippen LogP contribution in [-0.2, 0) is 14.8 Å². The predicted octanol–water partition coefficient (Wildman–Crippen LogP) is 1.62. The van der Waals surface area contributed by atoms with E-state index in [1.54, 1.807) is 7.05 Å². The highest BCUT2D eigenvalue weighted by Gasteiger charge is 2.25. The lowest BCUT2D eigenvalue weighted by Gasteiger charge is -2.27. The molecule has 0 bridgehead atoms. The van der Waals surface area contributed by atoms with E-state index in [4.69, 9.17) is 16.3 Å². The van der Waals surface area contributed by atoms with Crippen molar-refractivity contribution in [2.24, 2.45) is 0 Å². The van der Waals surface area contributed by atoms with Crippen molar-refractivity contribution in [3.63, 3.8) is 0 Å². The van der Waals surface area contributed by atoms with Crippen LogP contribution in [0.5, 0.6) is 0 Å². The van der Waals surface area contributed by atoms with E-state index in [2.05, 4.69) is 15.0 Å². The summed E-state index contributed by atoms with van der Waals surface area (Å²) in [5.41, 5.74) is 0. The first-order valence-corrected chi connectivity index (χ1v) is 8.25. The Morgan fingerprint density at radius 1 is 1.50 bits per heavy atom. The second kappa shape index (κ2) is 6.26. The first-order chi connectivity index (χ1) is 9.42. The molecule has 0 aromatic carbocycles. The van der Waals surface area contributed by atoms with Crippen LogP contribution in [0.25, 0.3) is 0 Å². The number of aromatic nitrogens is 1. The number of anilines is 1. The van der Waals surface area contributed by atoms with Crippen LogP contribution in [0.4, 0.5) is 5.82 Å². The molecule has 8 heteroatoms. The maximum absolute atomic E-state index is 12.3. The van der Waals surface area contributed by atoms with Crippen molar-refractivity contribution in [2.75, 3.05) is 19.0 Å². The Balaban J connectivity index is 2.15. The Morgan fingerprint density at radius 3 is 2.85 bits per heavy atom. The molecule has 112 valence electrons. The van der Waals surface area contributed by atoms with Gasteiger partial charge in [-0.25, -0.2) is 18.1 Å². The van der Waals surface area contributed by atoms with E-state index in [1.807, 2.05) is 6.92 Å². The normalized spacial score (nSPS) is 23.6. The van der Waals surface area contributed by atoms with Crippen LogP contribution >= 0.6 is 11.6 Å². The van der Waals surface area contributed by atoms with Crippen LogP contribution in [0, 0.1) is 0 Å². The van der Waals surface area contributed by atoms with Crippen molar-refractivity contribution in [2.45, 2.75) is 36.8 Å². The van der Waals surface area contributed by atoms with Crippen LogP contribution in [0.3, 0.4) is 0 Å². The van der Waals surface area contributed by atoms with Gasteiger partial charge in [0.2, 0.25) is 10.0 Å². The zero-order valence-electron chi connectivity index (χ0n) is 11.4. The molecule has 1 saturated heterocycles. The molecule has 1 aliphatic rings. The van der Waals surface area contributed by atoms with Gasteiger partial charge in [-0.3, -0.25) is 0 Å². The standard InChI is InChI=1S/C12H18ClN3O3S/c1-8-5-9(3-4-19-8)16-20(17,18)10-6-11(13)12(14-2)15-7-10/h6-9,16H,3-5H2,1-2H3,(H,14,15). The predicted molar refractivity (Wildman–Crippen MR) is 77.6 cm³/mol. The van der Waals surface area contributed by atoms with Crippen LogP contribution in [-0.4, -0.2) is 39.2 Å². The van der Waals surface area contributed by atoms with Gasteiger partial charge in [0.25, 0.3) is 0 Å². The molecular weight excluding hydrogens is 302 g/mol. The average Bonchev–Trinajstić information content (AvgIpc) is 2.38. The Labute approximate surface area is 123 Å². The Hall–Kier alpha value is -0.890. The maximum atomic E-state index is 12.3. The van der Waals surface area contributed by atoms with E-state index in [9.17, 15) is 8.42 Å². The molecule has 1 fully saturated rings. The first-order valence-electron chi connectivity index (χ1n) is 6.39. The second-order valence-corrected chi connectivity index (χ2v) is 6.90. The molecule has 0 aliphatic carbocycles. The molecule has 0 amide bonds. The molecule has 6 nitrogen and oxygen atoms in total. The Bertz CT molecular complexity index is 579. The largest absolute Gasteiger partial charge is 0.378 e. The van der Waals surface area contributed by atoms with Crippen molar-refractivity contribution in [3.05, 3.63) is 17.3 Å². The number of rotatable bonds is 4. The quantitative estimate of drug-likeness (QED) is 0.881. The van der Waals surface area contributed by atoms with Crippen molar-refractivity contribution in [1.29, 1.82) is 0 Å². The molecule has 20 heavy (non-hydrogen) atoms. The van der Waals surface area contributed by atoms with E-state index >= 15 is 0 Å². The summed E-state index contributed by atoms with van der Waals surface area (Å²) < 4.78 is 32.7. The number of pyridine rings is 1. The number of hydrogen-bond donors (Lipinski definition) is 2. The van der Waals surface area contributed by atoms with Gasteiger partial charge in [-0.05, 0) is 25.8 Å². The zero-order valence-corrected chi connectivity index (χ0v) is 13.0. The lowest BCUT2D eigenvalue weighted by atomic mass is 10.1. The molecule has 1 aromatic heterocycles. The maximum Gasteiger partial charge on any atom is 0.242 e. The fourth-order valence-corrected chi connectivity index (χ4v) is 3.72. The summed E-state index contributed by atoms with van der Waals surface area (Å²) in [6, 6.07) is 1.28. The molecule has 0 radical (unpaired) electrons. The minimum absolute atomic E-state index is 0.0600. The Kier molecular flexibility index (Phi) is 4.85. The van der Waals surface area contributed by atoms with Gasteiger partial charge in [-0.15, -0.1) is 0 Å². The van der Waals surface area contributed by atoms with E-state index in [1.165, 1.54) is 12.3 Å². The van der Waals surface area contributed by atoms with Crippen LogP contribution in [0.15, 0.2) is 17.2 Å². The summed E-state index contributed by atoms with van der Waals surface area (Å²) in [6.07, 6.45) is 2.68. The molecule has 1 aliphatic heterocycles. The van der Waals surface area contributed by atoms with Gasteiger partial charge in [0.05, 0.1) is 11.1 Å². The highest BCUT2D eigenvalue weighted by Crippen LogP contribution is 2.23. The molecule has 1 aromatic rings. The minimum Gasteiger partial charge on any atom is -0.378 e. The van der Waals surface area contributed by atoms with Gasteiger partial charge >= 0.3 is 0 Å². The highest BCUT2D eigenvalue weighted by atomic mass is 35.5.